The summed E-state index contributed by atoms with van der Waals surface area (Å²) in [6, 6.07) is 5.86. The summed E-state index contributed by atoms with van der Waals surface area (Å²) >= 11 is 0. The molecule has 0 radical (unpaired) electrons. The van der Waals surface area contributed by atoms with E-state index in [0.717, 1.165) is 43.5 Å². The lowest BCUT2D eigenvalue weighted by Crippen LogP contribution is -2.42. The summed E-state index contributed by atoms with van der Waals surface area (Å²) in [4.78, 5) is 14.4. The number of benzene rings is 1. The Morgan fingerprint density at radius 2 is 2.05 bits per heavy atom. The summed E-state index contributed by atoms with van der Waals surface area (Å²) in [5.74, 6) is -0.0324. The molecule has 1 aromatic rings. The predicted octanol–water partition coefficient (Wildman–Crippen LogP) is 2.80. The minimum Gasteiger partial charge on any atom is -0.388 e. The molecule has 0 atom stereocenters. The molecule has 2 N–H and O–H groups in total. The minimum atomic E-state index is -0.702. The van der Waals surface area contributed by atoms with E-state index in [4.69, 9.17) is 0 Å². The van der Waals surface area contributed by atoms with Gasteiger partial charge < -0.3 is 15.3 Å². The number of carbonyl (C=O) groups is 1. The zero-order chi connectivity index (χ0) is 15.5. The maximum Gasteiger partial charge on any atom is 0.255 e. The summed E-state index contributed by atoms with van der Waals surface area (Å²) < 4.78 is 0. The van der Waals surface area contributed by atoms with Crippen LogP contribution in [-0.4, -0.2) is 41.7 Å². The molecule has 0 heterocycles. The van der Waals surface area contributed by atoms with Crippen LogP contribution >= 0.6 is 0 Å². The number of aliphatic hydroxyl groups is 1. The fourth-order valence-corrected chi connectivity index (χ4v) is 3.09. The van der Waals surface area contributed by atoms with E-state index < -0.39 is 5.60 Å². The molecule has 1 fully saturated rings. The molecular weight excluding hydrogens is 264 g/mol. The molecule has 116 valence electrons. The van der Waals surface area contributed by atoms with E-state index in [2.05, 4.69) is 5.32 Å². The van der Waals surface area contributed by atoms with Gasteiger partial charge in [0.15, 0.2) is 0 Å². The Labute approximate surface area is 127 Å². The molecule has 1 amide bonds. The molecule has 2 rings (SSSR count). The van der Waals surface area contributed by atoms with Crippen molar-refractivity contribution in [3.63, 3.8) is 0 Å². The monoisotopic (exact) mass is 290 g/mol. The van der Waals surface area contributed by atoms with Crippen LogP contribution in [0.1, 0.15) is 48.5 Å². The highest BCUT2D eigenvalue weighted by Gasteiger charge is 2.33. The van der Waals surface area contributed by atoms with E-state index in [1.54, 1.807) is 11.9 Å². The number of rotatable bonds is 5. The van der Waals surface area contributed by atoms with Crippen LogP contribution in [0.3, 0.4) is 0 Å². The Bertz CT molecular complexity index is 508. The quantitative estimate of drug-likeness (QED) is 0.876. The molecular formula is C17H26N2O2. The Balaban J connectivity index is 2.16. The Hall–Kier alpha value is -1.55. The van der Waals surface area contributed by atoms with Gasteiger partial charge in [-0.15, -0.1) is 0 Å². The van der Waals surface area contributed by atoms with Gasteiger partial charge in [0.25, 0.3) is 5.91 Å². The van der Waals surface area contributed by atoms with Crippen LogP contribution in [0.4, 0.5) is 5.69 Å². The van der Waals surface area contributed by atoms with Gasteiger partial charge in [-0.25, -0.2) is 0 Å². The zero-order valence-corrected chi connectivity index (χ0v) is 13.3. The molecule has 0 spiro atoms. The van der Waals surface area contributed by atoms with E-state index in [-0.39, 0.29) is 5.91 Å². The lowest BCUT2D eigenvalue weighted by Gasteiger charge is -2.29. The molecule has 4 heteroatoms. The normalized spacial score (nSPS) is 16.8. The number of amides is 1. The fourth-order valence-electron chi connectivity index (χ4n) is 3.09. The molecule has 4 nitrogen and oxygen atoms in total. The second-order valence-electron chi connectivity index (χ2n) is 6.17. The Morgan fingerprint density at radius 1 is 1.38 bits per heavy atom. The molecule has 1 aliphatic rings. The number of aryl methyl sites for hydroxylation is 1. The van der Waals surface area contributed by atoms with Crippen LogP contribution in [0.5, 0.6) is 0 Å². The van der Waals surface area contributed by atoms with Crippen molar-refractivity contribution in [2.75, 3.05) is 25.5 Å². The number of nitrogens with zero attached hydrogens (tertiary/aromatic N) is 1. The zero-order valence-electron chi connectivity index (χ0n) is 13.3. The highest BCUT2D eigenvalue weighted by Crippen LogP contribution is 2.30. The van der Waals surface area contributed by atoms with E-state index in [0.29, 0.717) is 12.1 Å². The van der Waals surface area contributed by atoms with Crippen molar-refractivity contribution in [3.8, 4) is 0 Å². The van der Waals surface area contributed by atoms with E-state index in [1.165, 1.54) is 0 Å². The van der Waals surface area contributed by atoms with Gasteiger partial charge in [0.1, 0.15) is 0 Å². The second-order valence-corrected chi connectivity index (χ2v) is 6.17. The second kappa shape index (κ2) is 6.48. The molecule has 0 saturated heterocycles. The molecule has 0 aromatic heterocycles. The third kappa shape index (κ3) is 3.76. The summed E-state index contributed by atoms with van der Waals surface area (Å²) in [5, 5.41) is 13.7. The van der Waals surface area contributed by atoms with Crippen molar-refractivity contribution in [2.45, 2.75) is 45.1 Å². The first-order valence-corrected chi connectivity index (χ1v) is 7.77. The number of hydrogen-bond donors (Lipinski definition) is 2. The SMILES string of the molecule is CCNc1ccc(C)cc1C(=O)N(C)CC1(O)CCCC1. The maximum atomic E-state index is 12.7. The molecule has 0 aliphatic heterocycles. The van der Waals surface area contributed by atoms with Crippen molar-refractivity contribution >= 4 is 11.6 Å². The lowest BCUT2D eigenvalue weighted by atomic mass is 10.0. The first-order valence-electron chi connectivity index (χ1n) is 7.77. The van der Waals surface area contributed by atoms with Crippen LogP contribution < -0.4 is 5.32 Å². The minimum absolute atomic E-state index is 0.0324. The molecule has 0 bridgehead atoms. The number of carbonyl (C=O) groups excluding carboxylic acids is 1. The highest BCUT2D eigenvalue weighted by atomic mass is 16.3. The van der Waals surface area contributed by atoms with Crippen LogP contribution in [0.25, 0.3) is 0 Å². The number of likely N-dealkylation sites (N-methyl/N-ethyl adjacent to an activating group) is 1. The van der Waals surface area contributed by atoms with Gasteiger partial charge in [-0.3, -0.25) is 4.79 Å². The third-order valence-corrected chi connectivity index (χ3v) is 4.19. The van der Waals surface area contributed by atoms with Gasteiger partial charge >= 0.3 is 0 Å². The van der Waals surface area contributed by atoms with E-state index in [9.17, 15) is 9.90 Å². The summed E-state index contributed by atoms with van der Waals surface area (Å²) in [7, 11) is 1.77. The number of hydrogen-bond acceptors (Lipinski definition) is 3. The first-order chi connectivity index (χ1) is 9.95. The van der Waals surface area contributed by atoms with Crippen LogP contribution in [0.2, 0.25) is 0 Å². The van der Waals surface area contributed by atoms with Gasteiger partial charge in [-0.2, -0.15) is 0 Å². The smallest absolute Gasteiger partial charge is 0.255 e. The molecule has 0 unspecified atom stereocenters. The molecule has 1 aliphatic carbocycles. The standard InChI is InChI=1S/C17H26N2O2/c1-4-18-15-8-7-13(2)11-14(15)16(20)19(3)12-17(21)9-5-6-10-17/h7-8,11,18,21H,4-6,9-10,12H2,1-3H3. The predicted molar refractivity (Wildman–Crippen MR) is 85.7 cm³/mol. The van der Waals surface area contributed by atoms with E-state index in [1.807, 2.05) is 32.0 Å². The van der Waals surface area contributed by atoms with E-state index >= 15 is 0 Å². The lowest BCUT2D eigenvalue weighted by molar-refractivity contribution is 0.0157. The maximum absolute atomic E-state index is 12.7. The third-order valence-electron chi connectivity index (χ3n) is 4.19. The van der Waals surface area contributed by atoms with Crippen LogP contribution in [0.15, 0.2) is 18.2 Å². The highest BCUT2D eigenvalue weighted by molar-refractivity contribution is 5.99. The van der Waals surface area contributed by atoms with Crippen molar-refractivity contribution < 1.29 is 9.90 Å². The number of nitrogens with one attached hydrogen (secondary N) is 1. The summed E-state index contributed by atoms with van der Waals surface area (Å²) in [6.07, 6.45) is 3.67. The van der Waals surface area contributed by atoms with Crippen LogP contribution in [0, 0.1) is 6.92 Å². The Kier molecular flexibility index (Phi) is 4.88. The summed E-state index contributed by atoms with van der Waals surface area (Å²) in [5.41, 5.74) is 1.90. The fraction of sp³-hybridized carbons (Fsp3) is 0.588. The average Bonchev–Trinajstić information content (AvgIpc) is 2.86. The first kappa shape index (κ1) is 15.8. The molecule has 1 aromatic carbocycles. The van der Waals surface area contributed by atoms with Gasteiger partial charge in [0.2, 0.25) is 0 Å². The molecule has 1 saturated carbocycles. The van der Waals surface area contributed by atoms with Gasteiger partial charge in [0.05, 0.1) is 11.2 Å². The van der Waals surface area contributed by atoms with Crippen molar-refractivity contribution in [2.24, 2.45) is 0 Å². The van der Waals surface area contributed by atoms with Crippen molar-refractivity contribution in [1.82, 2.24) is 4.90 Å². The Morgan fingerprint density at radius 3 is 2.67 bits per heavy atom. The molecule has 21 heavy (non-hydrogen) atoms. The largest absolute Gasteiger partial charge is 0.388 e. The number of anilines is 1. The van der Waals surface area contributed by atoms with Gasteiger partial charge in [-0.1, -0.05) is 24.5 Å². The topological polar surface area (TPSA) is 52.6 Å². The van der Waals surface area contributed by atoms with Gasteiger partial charge in [-0.05, 0) is 38.8 Å². The summed E-state index contributed by atoms with van der Waals surface area (Å²) in [6.45, 7) is 5.18. The van der Waals surface area contributed by atoms with Crippen LogP contribution in [-0.2, 0) is 0 Å². The van der Waals surface area contributed by atoms with Gasteiger partial charge in [0, 0.05) is 25.8 Å². The average molecular weight is 290 g/mol. The van der Waals surface area contributed by atoms with Crippen molar-refractivity contribution in [1.29, 1.82) is 0 Å². The van der Waals surface area contributed by atoms with Crippen molar-refractivity contribution in [3.05, 3.63) is 29.3 Å².